The van der Waals surface area contributed by atoms with Gasteiger partial charge in [0, 0.05) is 13.2 Å². The van der Waals surface area contributed by atoms with E-state index in [9.17, 15) is 0 Å². The van der Waals surface area contributed by atoms with Gasteiger partial charge in [0.05, 0.1) is 13.2 Å². The van der Waals surface area contributed by atoms with Crippen molar-refractivity contribution in [2.75, 3.05) is 26.4 Å². The molecule has 1 fully saturated rings. The van der Waals surface area contributed by atoms with E-state index < -0.39 is 0 Å². The molecule has 1 aliphatic heterocycles. The van der Waals surface area contributed by atoms with Crippen molar-refractivity contribution in [3.63, 3.8) is 0 Å². The van der Waals surface area contributed by atoms with Gasteiger partial charge >= 0.3 is 0 Å². The van der Waals surface area contributed by atoms with E-state index in [4.69, 9.17) is 15.3 Å². The Morgan fingerprint density at radius 2 is 1.46 bits per heavy atom. The van der Waals surface area contributed by atoms with Crippen LogP contribution in [0.4, 0.5) is 0 Å². The summed E-state index contributed by atoms with van der Waals surface area (Å²) in [5.41, 5.74) is 0. The highest BCUT2D eigenvalue weighted by Gasteiger charge is 2.27. The summed E-state index contributed by atoms with van der Waals surface area (Å²) in [4.78, 5) is 8.04. The van der Waals surface area contributed by atoms with Crippen LogP contribution in [0.25, 0.3) is 0 Å². The van der Waals surface area contributed by atoms with Crippen LogP contribution in [0.3, 0.4) is 0 Å². The Labute approximate surface area is 77.1 Å². The minimum atomic E-state index is 0.338. The molecule has 5 heteroatoms. The molecule has 1 saturated heterocycles. The monoisotopic (exact) mass is 192 g/mol. The van der Waals surface area contributed by atoms with Gasteiger partial charge in [0.2, 0.25) is 0 Å². The van der Waals surface area contributed by atoms with Crippen LogP contribution >= 0.6 is 0 Å². The van der Waals surface area contributed by atoms with Crippen LogP contribution in [0.15, 0.2) is 0 Å². The second-order valence-corrected chi connectivity index (χ2v) is 3.30. The lowest BCUT2D eigenvalue weighted by molar-refractivity contribution is -0.247. The Morgan fingerprint density at radius 3 is 1.85 bits per heavy atom. The molecule has 0 bridgehead atoms. The molecule has 0 amide bonds. The summed E-state index contributed by atoms with van der Waals surface area (Å²) in [6.07, 6.45) is 1.57. The Balaban J connectivity index is 2.18. The first-order valence-corrected chi connectivity index (χ1v) is 4.49. The molecular formula is C8H16O5. The van der Waals surface area contributed by atoms with E-state index in [1.54, 1.807) is 0 Å². The molecule has 1 heterocycles. The van der Waals surface area contributed by atoms with Gasteiger partial charge in [-0.25, -0.2) is 9.78 Å². The normalized spacial score (nSPS) is 28.2. The summed E-state index contributed by atoms with van der Waals surface area (Å²) in [5, 5.41) is 16.4. The van der Waals surface area contributed by atoms with Crippen LogP contribution in [-0.4, -0.2) is 36.9 Å². The van der Waals surface area contributed by atoms with Crippen molar-refractivity contribution in [3.8, 4) is 0 Å². The van der Waals surface area contributed by atoms with Gasteiger partial charge in [-0.2, -0.15) is 0 Å². The summed E-state index contributed by atoms with van der Waals surface area (Å²) in [5.74, 6) is 0.810. The summed E-state index contributed by atoms with van der Waals surface area (Å²) in [6, 6.07) is 0. The number of hydrogen-bond acceptors (Lipinski definition) is 5. The van der Waals surface area contributed by atoms with E-state index in [0.29, 0.717) is 38.3 Å². The quantitative estimate of drug-likeness (QED) is 0.485. The summed E-state index contributed by atoms with van der Waals surface area (Å²) >= 11 is 0. The average molecular weight is 192 g/mol. The van der Waals surface area contributed by atoms with E-state index in [0.717, 1.165) is 12.8 Å². The summed E-state index contributed by atoms with van der Waals surface area (Å²) in [7, 11) is 0. The molecular weight excluding hydrogens is 176 g/mol. The molecule has 78 valence electrons. The first-order chi connectivity index (χ1) is 6.38. The fraction of sp³-hybridized carbons (Fsp3) is 1.00. The predicted molar refractivity (Wildman–Crippen MR) is 44.2 cm³/mol. The molecule has 0 aromatic carbocycles. The Kier molecular flexibility index (Phi) is 5.26. The minimum Gasteiger partial charge on any atom is -0.381 e. The zero-order valence-corrected chi connectivity index (χ0v) is 7.52. The second kappa shape index (κ2) is 6.28. The van der Waals surface area contributed by atoms with Crippen LogP contribution in [0.5, 0.6) is 0 Å². The molecule has 0 unspecified atom stereocenters. The highest BCUT2D eigenvalue weighted by atomic mass is 17.1. The third-order valence-electron chi connectivity index (χ3n) is 2.49. The number of rotatable bonds is 6. The van der Waals surface area contributed by atoms with Crippen LogP contribution in [-0.2, 0) is 14.5 Å². The molecule has 5 nitrogen and oxygen atoms in total. The average Bonchev–Trinajstić information content (AvgIpc) is 2.59. The number of ether oxygens (including phenoxy) is 1. The molecule has 0 radical (unpaired) electrons. The molecule has 1 rings (SSSR count). The lowest BCUT2D eigenvalue weighted by Crippen LogP contribution is -2.16. The van der Waals surface area contributed by atoms with Gasteiger partial charge in [-0.1, -0.05) is 0 Å². The van der Waals surface area contributed by atoms with Crippen molar-refractivity contribution in [2.45, 2.75) is 12.8 Å². The molecule has 0 aromatic heterocycles. The molecule has 0 aliphatic carbocycles. The highest BCUT2D eigenvalue weighted by molar-refractivity contribution is 4.74. The largest absolute Gasteiger partial charge is 0.381 e. The molecule has 2 N–H and O–H groups in total. The van der Waals surface area contributed by atoms with Crippen LogP contribution in [0, 0.1) is 11.8 Å². The Morgan fingerprint density at radius 1 is 1.00 bits per heavy atom. The van der Waals surface area contributed by atoms with Gasteiger partial charge in [-0.15, -0.1) is 0 Å². The third-order valence-corrected chi connectivity index (χ3v) is 2.49. The third kappa shape index (κ3) is 3.58. The lowest BCUT2D eigenvalue weighted by atomic mass is 9.91. The zero-order chi connectivity index (χ0) is 9.52. The van der Waals surface area contributed by atoms with Gasteiger partial charge < -0.3 is 4.74 Å². The zero-order valence-electron chi connectivity index (χ0n) is 7.52. The topological polar surface area (TPSA) is 68.2 Å². The van der Waals surface area contributed by atoms with Crippen LogP contribution in [0.1, 0.15) is 12.8 Å². The molecule has 0 saturated carbocycles. The van der Waals surface area contributed by atoms with Gasteiger partial charge in [0.1, 0.15) is 0 Å². The smallest absolute Gasteiger partial charge is 0.0823 e. The van der Waals surface area contributed by atoms with E-state index in [1.165, 1.54) is 0 Å². The van der Waals surface area contributed by atoms with Gasteiger partial charge in [0.25, 0.3) is 0 Å². The summed E-state index contributed by atoms with van der Waals surface area (Å²) < 4.78 is 5.29. The van der Waals surface area contributed by atoms with Gasteiger partial charge in [-0.05, 0) is 24.7 Å². The fourth-order valence-electron chi connectivity index (χ4n) is 1.69. The first-order valence-electron chi connectivity index (χ1n) is 4.49. The van der Waals surface area contributed by atoms with Crippen LogP contribution in [0.2, 0.25) is 0 Å². The Hall–Kier alpha value is -0.200. The number of hydrogen-bond donors (Lipinski definition) is 2. The molecule has 1 aliphatic rings. The van der Waals surface area contributed by atoms with Crippen molar-refractivity contribution in [1.82, 2.24) is 0 Å². The maximum absolute atomic E-state index is 8.18. The van der Waals surface area contributed by atoms with E-state index in [-0.39, 0.29) is 0 Å². The van der Waals surface area contributed by atoms with E-state index in [1.807, 2.05) is 0 Å². The van der Waals surface area contributed by atoms with Gasteiger partial charge in [-0.3, -0.25) is 10.5 Å². The summed E-state index contributed by atoms with van der Waals surface area (Å²) in [6.45, 7) is 2.09. The Bertz CT molecular complexity index is 116. The maximum atomic E-state index is 8.18. The van der Waals surface area contributed by atoms with Crippen molar-refractivity contribution < 1.29 is 25.0 Å². The maximum Gasteiger partial charge on any atom is 0.0823 e. The highest BCUT2D eigenvalue weighted by Crippen LogP contribution is 2.26. The second-order valence-electron chi connectivity index (χ2n) is 3.30. The molecule has 13 heavy (non-hydrogen) atoms. The molecule has 2 atom stereocenters. The molecule has 0 spiro atoms. The standard InChI is InChI=1S/C8H16O5/c9-12-3-1-7-5-11-6-8(7)2-4-13-10/h7-10H,1-6H2/t7-,8-/m0/s1. The van der Waals surface area contributed by atoms with Crippen molar-refractivity contribution >= 4 is 0 Å². The van der Waals surface area contributed by atoms with E-state index >= 15 is 0 Å². The van der Waals surface area contributed by atoms with Crippen molar-refractivity contribution in [2.24, 2.45) is 11.8 Å². The van der Waals surface area contributed by atoms with Crippen molar-refractivity contribution in [3.05, 3.63) is 0 Å². The first kappa shape index (κ1) is 10.9. The molecule has 0 aromatic rings. The van der Waals surface area contributed by atoms with Gasteiger partial charge in [0.15, 0.2) is 0 Å². The fourth-order valence-corrected chi connectivity index (χ4v) is 1.69. The van der Waals surface area contributed by atoms with Crippen LogP contribution < -0.4 is 0 Å². The lowest BCUT2D eigenvalue weighted by Gasteiger charge is -2.15. The van der Waals surface area contributed by atoms with E-state index in [2.05, 4.69) is 9.78 Å². The van der Waals surface area contributed by atoms with Crippen molar-refractivity contribution in [1.29, 1.82) is 0 Å². The SMILES string of the molecule is OOCC[C@H]1COC[C@@H]1CCOO. The minimum absolute atomic E-state index is 0.338. The predicted octanol–water partition coefficient (Wildman–Crippen LogP) is 1.01.